The summed E-state index contributed by atoms with van der Waals surface area (Å²) in [7, 11) is 0. The zero-order chi connectivity index (χ0) is 37.5. The number of unbranched alkanes of at least 4 members (excludes halogenated alkanes) is 6. The number of rotatable bonds is 12. The van der Waals surface area contributed by atoms with Crippen LogP contribution >= 0.6 is 0 Å². The Bertz CT molecular complexity index is 2520. The fraction of sp³-hybridized carbons (Fsp3) is 0.273. The van der Waals surface area contributed by atoms with E-state index >= 15 is 0 Å². The van der Waals surface area contributed by atoms with E-state index in [1.807, 2.05) is 0 Å². The van der Waals surface area contributed by atoms with Crippen molar-refractivity contribution >= 4 is 43.1 Å². The molecule has 8 aromatic carbocycles. The van der Waals surface area contributed by atoms with E-state index in [1.165, 1.54) is 152 Å². The van der Waals surface area contributed by atoms with Crippen LogP contribution in [0.15, 0.2) is 133 Å². The first-order valence-electron chi connectivity index (χ1n) is 21.1. The molecule has 55 heavy (non-hydrogen) atoms. The largest absolute Gasteiger partial charge is 0.0654 e. The minimum atomic E-state index is -0.0170. The van der Waals surface area contributed by atoms with Crippen molar-refractivity contribution in [3.8, 4) is 33.4 Å². The fourth-order valence-electron chi connectivity index (χ4n) is 10.1. The maximum Gasteiger partial charge on any atom is 0.0215 e. The number of hydrogen-bond acceptors (Lipinski definition) is 0. The lowest BCUT2D eigenvalue weighted by molar-refractivity contribution is 0.401. The van der Waals surface area contributed by atoms with Crippen molar-refractivity contribution in [2.45, 2.75) is 97.3 Å². The summed E-state index contributed by atoms with van der Waals surface area (Å²) in [5.74, 6) is 0. The zero-order valence-corrected chi connectivity index (χ0v) is 33.3. The van der Waals surface area contributed by atoms with Crippen molar-refractivity contribution < 1.29 is 0 Å². The van der Waals surface area contributed by atoms with Crippen LogP contribution in [-0.2, 0) is 5.41 Å². The summed E-state index contributed by atoms with van der Waals surface area (Å²) in [6, 6.07) is 51.9. The molecular weight excluding hydrogens is 661 g/mol. The normalized spacial score (nSPS) is 13.2. The van der Waals surface area contributed by atoms with Gasteiger partial charge in [-0.3, -0.25) is 0 Å². The minimum Gasteiger partial charge on any atom is -0.0654 e. The Morgan fingerprint density at radius 1 is 0.364 bits per heavy atom. The summed E-state index contributed by atoms with van der Waals surface area (Å²) in [5.41, 5.74) is 14.0. The SMILES string of the molecule is CCCCCCC1(CCCCCC)c2cc(-c3cc(C)cc4cc5ccccc5cc34)ccc2-c2ccc(-c3cc(C)cc4cc5ccccc5cc34)cc21. The van der Waals surface area contributed by atoms with Crippen molar-refractivity contribution in [1.82, 2.24) is 0 Å². The molecule has 0 nitrogen and oxygen atoms in total. The van der Waals surface area contributed by atoms with Crippen molar-refractivity contribution in [1.29, 1.82) is 0 Å². The summed E-state index contributed by atoms with van der Waals surface area (Å²) in [5, 5.41) is 10.6. The van der Waals surface area contributed by atoms with Crippen molar-refractivity contribution in [2.75, 3.05) is 0 Å². The maximum absolute atomic E-state index is 2.63. The Hall–Kier alpha value is -5.20. The first kappa shape index (κ1) is 35.5. The van der Waals surface area contributed by atoms with E-state index < -0.39 is 0 Å². The second-order valence-corrected chi connectivity index (χ2v) is 16.7. The molecule has 9 rings (SSSR count). The van der Waals surface area contributed by atoms with Gasteiger partial charge in [0.05, 0.1) is 0 Å². The molecule has 0 fully saturated rings. The Morgan fingerprint density at radius 3 is 1.20 bits per heavy atom. The number of hydrogen-bond donors (Lipinski definition) is 0. The van der Waals surface area contributed by atoms with Crippen LogP contribution in [-0.4, -0.2) is 0 Å². The van der Waals surface area contributed by atoms with Gasteiger partial charge < -0.3 is 0 Å². The summed E-state index contributed by atoms with van der Waals surface area (Å²) in [6.45, 7) is 9.19. The highest BCUT2D eigenvalue weighted by molar-refractivity contribution is 6.07. The highest BCUT2D eigenvalue weighted by Crippen LogP contribution is 2.56. The van der Waals surface area contributed by atoms with Gasteiger partial charge in [0.25, 0.3) is 0 Å². The zero-order valence-electron chi connectivity index (χ0n) is 33.3. The summed E-state index contributed by atoms with van der Waals surface area (Å²) in [4.78, 5) is 0. The van der Waals surface area contributed by atoms with E-state index in [0.717, 1.165) is 0 Å². The Labute approximate surface area is 328 Å². The van der Waals surface area contributed by atoms with Crippen LogP contribution in [0.4, 0.5) is 0 Å². The molecular formula is C55H54. The first-order chi connectivity index (χ1) is 27.0. The summed E-state index contributed by atoms with van der Waals surface area (Å²) < 4.78 is 0. The van der Waals surface area contributed by atoms with Gasteiger partial charge in [0, 0.05) is 5.41 Å². The van der Waals surface area contributed by atoms with Crippen molar-refractivity contribution in [3.63, 3.8) is 0 Å². The van der Waals surface area contributed by atoms with Gasteiger partial charge in [0.1, 0.15) is 0 Å². The van der Waals surface area contributed by atoms with E-state index in [-0.39, 0.29) is 5.41 Å². The van der Waals surface area contributed by atoms with Gasteiger partial charge in [-0.2, -0.15) is 0 Å². The van der Waals surface area contributed by atoms with Gasteiger partial charge in [-0.1, -0.05) is 162 Å². The van der Waals surface area contributed by atoms with Crippen LogP contribution < -0.4 is 0 Å². The molecule has 0 radical (unpaired) electrons. The molecule has 0 saturated carbocycles. The predicted octanol–water partition coefficient (Wildman–Crippen LogP) is 16.5. The van der Waals surface area contributed by atoms with Crippen molar-refractivity contribution in [2.24, 2.45) is 0 Å². The van der Waals surface area contributed by atoms with E-state index in [4.69, 9.17) is 0 Å². The topological polar surface area (TPSA) is 0 Å². The van der Waals surface area contributed by atoms with E-state index in [2.05, 4.69) is 161 Å². The molecule has 0 amide bonds. The number of fused-ring (bicyclic) bond motifs is 7. The molecule has 0 N–H and O–H groups in total. The van der Waals surface area contributed by atoms with Crippen LogP contribution in [0.25, 0.3) is 76.5 Å². The van der Waals surface area contributed by atoms with Gasteiger partial charge in [-0.15, -0.1) is 0 Å². The molecule has 0 bridgehead atoms. The lowest BCUT2D eigenvalue weighted by Crippen LogP contribution is -2.25. The molecule has 8 aromatic rings. The molecule has 0 aromatic heterocycles. The van der Waals surface area contributed by atoms with Crippen LogP contribution in [0.1, 0.15) is 100 Å². The van der Waals surface area contributed by atoms with Crippen LogP contribution in [0.5, 0.6) is 0 Å². The average molecular weight is 715 g/mol. The second kappa shape index (κ2) is 14.8. The monoisotopic (exact) mass is 714 g/mol. The van der Waals surface area contributed by atoms with Gasteiger partial charge in [-0.05, 0) is 162 Å². The van der Waals surface area contributed by atoms with Gasteiger partial charge >= 0.3 is 0 Å². The van der Waals surface area contributed by atoms with Crippen LogP contribution in [0, 0.1) is 13.8 Å². The minimum absolute atomic E-state index is 0.0170. The van der Waals surface area contributed by atoms with Gasteiger partial charge in [0.15, 0.2) is 0 Å². The molecule has 1 aliphatic carbocycles. The lowest BCUT2D eigenvalue weighted by atomic mass is 9.70. The summed E-state index contributed by atoms with van der Waals surface area (Å²) in [6.07, 6.45) is 12.6. The second-order valence-electron chi connectivity index (χ2n) is 16.7. The molecule has 274 valence electrons. The fourth-order valence-corrected chi connectivity index (χ4v) is 10.1. The third kappa shape index (κ3) is 6.44. The standard InChI is InChI=1S/C55H54/c1-5-7-9-15-25-55(26-16-10-8-6-2)53-35-43(49-29-37(3)27-45-31-39-17-11-13-19-41(39)33-51(45)49)21-23-47(53)48-24-22-44(36-54(48)55)50-30-38(4)28-46-32-40-18-12-14-20-42(40)34-52(46)50/h11-14,17-24,27-36H,5-10,15-16,25-26H2,1-4H3. The maximum atomic E-state index is 2.63. The van der Waals surface area contributed by atoms with Gasteiger partial charge in [-0.25, -0.2) is 0 Å². The van der Waals surface area contributed by atoms with E-state index in [9.17, 15) is 0 Å². The Kier molecular flexibility index (Phi) is 9.55. The molecule has 0 atom stereocenters. The first-order valence-corrected chi connectivity index (χ1v) is 21.1. The highest BCUT2D eigenvalue weighted by Gasteiger charge is 2.42. The molecule has 0 heteroatoms. The lowest BCUT2D eigenvalue weighted by Gasteiger charge is -2.33. The predicted molar refractivity (Wildman–Crippen MR) is 241 cm³/mol. The quantitative estimate of drug-likeness (QED) is 0.0873. The van der Waals surface area contributed by atoms with E-state index in [1.54, 1.807) is 11.1 Å². The molecule has 0 saturated heterocycles. The molecule has 0 spiro atoms. The smallest absolute Gasteiger partial charge is 0.0215 e. The Morgan fingerprint density at radius 2 is 0.782 bits per heavy atom. The summed E-state index contributed by atoms with van der Waals surface area (Å²) >= 11 is 0. The number of aryl methyl sites for hydroxylation is 2. The highest BCUT2D eigenvalue weighted by atomic mass is 14.5. The third-order valence-electron chi connectivity index (χ3n) is 12.8. The molecule has 1 aliphatic rings. The molecule has 0 heterocycles. The molecule has 0 unspecified atom stereocenters. The van der Waals surface area contributed by atoms with Gasteiger partial charge in [0.2, 0.25) is 0 Å². The third-order valence-corrected chi connectivity index (χ3v) is 12.8. The molecule has 0 aliphatic heterocycles. The van der Waals surface area contributed by atoms with E-state index in [0.29, 0.717) is 0 Å². The van der Waals surface area contributed by atoms with Crippen LogP contribution in [0.3, 0.4) is 0 Å². The Balaban J connectivity index is 1.24. The van der Waals surface area contributed by atoms with Crippen molar-refractivity contribution in [3.05, 3.63) is 156 Å². The average Bonchev–Trinajstić information content (AvgIpc) is 3.47. The number of benzene rings is 8. The van der Waals surface area contributed by atoms with Crippen LogP contribution in [0.2, 0.25) is 0 Å².